The Hall–Kier alpha value is -6.78. The van der Waals surface area contributed by atoms with Crippen molar-refractivity contribution in [2.24, 2.45) is 0 Å². The third-order valence-electron chi connectivity index (χ3n) is 7.74. The molecule has 13 heteroatoms. The molecule has 0 fully saturated rings. The molecule has 0 bridgehead atoms. The summed E-state index contributed by atoms with van der Waals surface area (Å²) in [5.41, 5.74) is 6.86. The molecular formula is C43H46N6O7. The monoisotopic (exact) mass is 758 g/mol. The van der Waals surface area contributed by atoms with E-state index in [1.54, 1.807) is 42.7 Å². The van der Waals surface area contributed by atoms with Gasteiger partial charge in [0.05, 0.1) is 48.6 Å². The van der Waals surface area contributed by atoms with Gasteiger partial charge in [-0.3, -0.25) is 15.0 Å². The predicted molar refractivity (Wildman–Crippen MR) is 213 cm³/mol. The average Bonchev–Trinajstić information content (AvgIpc) is 3.19. The minimum Gasteiger partial charge on any atom is -0.465 e. The molecule has 0 saturated carbocycles. The zero-order valence-corrected chi connectivity index (χ0v) is 31.5. The third-order valence-corrected chi connectivity index (χ3v) is 7.74. The first kappa shape index (κ1) is 43.6. The Labute approximate surface area is 326 Å². The Balaban J connectivity index is 0.000000291. The zero-order chi connectivity index (χ0) is 40.0. The lowest BCUT2D eigenvalue weighted by atomic mass is 10.0. The minimum absolute atomic E-state index is 0. The maximum absolute atomic E-state index is 11.8. The third kappa shape index (κ3) is 12.7. The van der Waals surface area contributed by atoms with Gasteiger partial charge >= 0.3 is 18.0 Å². The predicted octanol–water partition coefficient (Wildman–Crippen LogP) is 7.16. The number of methoxy groups -OCH3 is 2. The van der Waals surface area contributed by atoms with Crippen LogP contribution in [0, 0.1) is 11.3 Å². The van der Waals surface area contributed by atoms with Crippen molar-refractivity contribution in [3.63, 3.8) is 0 Å². The van der Waals surface area contributed by atoms with Crippen molar-refractivity contribution in [2.45, 2.75) is 53.2 Å². The number of aromatic nitrogens is 4. The van der Waals surface area contributed by atoms with Gasteiger partial charge in [-0.2, -0.15) is 5.26 Å². The standard InChI is InChI=1S/C23H25N3O4.C18H13N3O2.CH4O.CH4/c1-23(2,3)30-22(28)25-14-18-7-6-16-11-15(5-8-20(16)26-18)12-19-13-17(9-10-24-19)21(27)29-4;1-23-18(22)14-6-7-20-16(10-14)9-12-2-5-17-13(8-12)3-4-15(11-19)21-17;1-2;/h5-11,13H,12,14H2,1-4H3,(H,25,28);2-8,10H,9H2,1H3;2H,1H3;1H4. The number of carbonyl (C=O) groups is 3. The van der Waals surface area contributed by atoms with Gasteiger partial charge in [0.15, 0.2) is 0 Å². The molecule has 0 unspecified atom stereocenters. The number of rotatable bonds is 8. The Bertz CT molecular complexity index is 2330. The second-order valence-corrected chi connectivity index (χ2v) is 12.9. The summed E-state index contributed by atoms with van der Waals surface area (Å²) in [6.07, 6.45) is 3.92. The first-order chi connectivity index (χ1) is 26.4. The van der Waals surface area contributed by atoms with Crippen molar-refractivity contribution >= 4 is 39.8 Å². The number of nitrogens with zero attached hydrogens (tertiary/aromatic N) is 5. The van der Waals surface area contributed by atoms with E-state index in [0.29, 0.717) is 29.7 Å². The van der Waals surface area contributed by atoms with Crippen molar-refractivity contribution in [3.05, 3.63) is 142 Å². The summed E-state index contributed by atoms with van der Waals surface area (Å²) < 4.78 is 14.7. The van der Waals surface area contributed by atoms with Crippen LogP contribution in [0.2, 0.25) is 0 Å². The molecule has 0 radical (unpaired) electrons. The maximum atomic E-state index is 11.8. The van der Waals surface area contributed by atoms with E-state index in [-0.39, 0.29) is 25.9 Å². The first-order valence-corrected chi connectivity index (χ1v) is 17.1. The molecule has 2 N–H and O–H groups in total. The Morgan fingerprint density at radius 1 is 0.696 bits per heavy atom. The van der Waals surface area contributed by atoms with Crippen molar-refractivity contribution in [2.75, 3.05) is 21.3 Å². The van der Waals surface area contributed by atoms with E-state index in [4.69, 9.17) is 24.6 Å². The van der Waals surface area contributed by atoms with Crippen LogP contribution in [0.5, 0.6) is 0 Å². The number of benzene rings is 2. The van der Waals surface area contributed by atoms with Gasteiger partial charge in [0.2, 0.25) is 0 Å². The SMILES string of the molecule is C.CO.COC(=O)c1ccnc(Cc2ccc3nc(C#N)ccc3c2)c1.COC(=O)c1ccnc(Cc2ccc3nc(CNC(=O)OC(C)(C)C)ccc3c2)c1. The highest BCUT2D eigenvalue weighted by molar-refractivity contribution is 5.90. The Morgan fingerprint density at radius 2 is 1.20 bits per heavy atom. The number of alkyl carbamates (subject to hydrolysis) is 1. The van der Waals surface area contributed by atoms with Gasteiger partial charge in [-0.25, -0.2) is 19.4 Å². The summed E-state index contributed by atoms with van der Waals surface area (Å²) >= 11 is 0. The Kier molecular flexibility index (Phi) is 16.1. The molecule has 0 aliphatic rings. The van der Waals surface area contributed by atoms with Crippen LogP contribution in [-0.4, -0.2) is 70.0 Å². The zero-order valence-electron chi connectivity index (χ0n) is 31.5. The molecule has 56 heavy (non-hydrogen) atoms. The number of nitriles is 1. The molecule has 0 aliphatic carbocycles. The highest BCUT2D eigenvalue weighted by atomic mass is 16.6. The molecule has 4 aromatic heterocycles. The van der Waals surface area contributed by atoms with Crippen LogP contribution in [0.4, 0.5) is 4.79 Å². The van der Waals surface area contributed by atoms with Gasteiger partial charge in [0.1, 0.15) is 17.4 Å². The van der Waals surface area contributed by atoms with Crippen LogP contribution in [0.15, 0.2) is 97.3 Å². The highest BCUT2D eigenvalue weighted by Crippen LogP contribution is 2.19. The van der Waals surface area contributed by atoms with E-state index < -0.39 is 11.7 Å². The average molecular weight is 759 g/mol. The van der Waals surface area contributed by atoms with E-state index in [1.807, 2.05) is 81.4 Å². The van der Waals surface area contributed by atoms with E-state index >= 15 is 0 Å². The van der Waals surface area contributed by atoms with E-state index in [9.17, 15) is 14.4 Å². The molecule has 1 amide bonds. The normalized spacial score (nSPS) is 10.3. The fraction of sp³-hybridized carbons (Fsp3) is 0.256. The number of pyridine rings is 4. The topological polar surface area (TPSA) is 187 Å². The minimum atomic E-state index is -0.539. The second kappa shape index (κ2) is 20.6. The van der Waals surface area contributed by atoms with Crippen LogP contribution < -0.4 is 5.32 Å². The van der Waals surface area contributed by atoms with E-state index in [0.717, 1.165) is 57.1 Å². The van der Waals surface area contributed by atoms with Gasteiger partial charge in [0, 0.05) is 54.5 Å². The molecule has 13 nitrogen and oxygen atoms in total. The van der Waals surface area contributed by atoms with Crippen molar-refractivity contribution in [1.82, 2.24) is 25.3 Å². The fourth-order valence-electron chi connectivity index (χ4n) is 5.31. The maximum Gasteiger partial charge on any atom is 0.407 e. The van der Waals surface area contributed by atoms with Crippen LogP contribution in [0.3, 0.4) is 0 Å². The van der Waals surface area contributed by atoms with Gasteiger partial charge < -0.3 is 24.6 Å². The molecule has 6 rings (SSSR count). The van der Waals surface area contributed by atoms with Crippen LogP contribution >= 0.6 is 0 Å². The molecule has 0 atom stereocenters. The molecule has 290 valence electrons. The molecule has 2 aromatic carbocycles. The lowest BCUT2D eigenvalue weighted by Gasteiger charge is -2.19. The van der Waals surface area contributed by atoms with Gasteiger partial charge in [0.25, 0.3) is 0 Å². The summed E-state index contributed by atoms with van der Waals surface area (Å²) in [4.78, 5) is 52.5. The van der Waals surface area contributed by atoms with Crippen molar-refractivity contribution < 1.29 is 33.7 Å². The Morgan fingerprint density at radius 3 is 1.68 bits per heavy atom. The quantitative estimate of drug-likeness (QED) is 0.118. The smallest absolute Gasteiger partial charge is 0.407 e. The number of hydrogen-bond donors (Lipinski definition) is 2. The summed E-state index contributed by atoms with van der Waals surface area (Å²) in [7, 11) is 3.71. The fourth-order valence-corrected chi connectivity index (χ4v) is 5.31. The van der Waals surface area contributed by atoms with Gasteiger partial charge in [-0.15, -0.1) is 0 Å². The van der Waals surface area contributed by atoms with Crippen LogP contribution in [-0.2, 0) is 33.6 Å². The highest BCUT2D eigenvalue weighted by Gasteiger charge is 2.16. The van der Waals surface area contributed by atoms with E-state index in [2.05, 4.69) is 25.3 Å². The first-order valence-electron chi connectivity index (χ1n) is 17.1. The molecule has 0 aliphatic heterocycles. The van der Waals surface area contributed by atoms with Crippen LogP contribution in [0.1, 0.15) is 82.8 Å². The lowest BCUT2D eigenvalue weighted by molar-refractivity contribution is 0.0520. The molecule has 0 spiro atoms. The number of carbonyl (C=O) groups excluding carboxylic acids is 3. The molecule has 0 saturated heterocycles. The number of amides is 1. The van der Waals surface area contributed by atoms with Crippen LogP contribution in [0.25, 0.3) is 21.8 Å². The molecular weight excluding hydrogens is 713 g/mol. The number of ether oxygens (including phenoxy) is 3. The van der Waals surface area contributed by atoms with Gasteiger partial charge in [-0.1, -0.05) is 25.6 Å². The molecule has 6 aromatic rings. The largest absolute Gasteiger partial charge is 0.465 e. The second-order valence-electron chi connectivity index (χ2n) is 12.9. The number of aliphatic hydroxyl groups is 1. The van der Waals surface area contributed by atoms with Crippen molar-refractivity contribution in [1.29, 1.82) is 5.26 Å². The summed E-state index contributed by atoms with van der Waals surface area (Å²) in [5.74, 6) is -0.755. The summed E-state index contributed by atoms with van der Waals surface area (Å²) in [6.45, 7) is 5.75. The summed E-state index contributed by atoms with van der Waals surface area (Å²) in [6, 6.07) is 28.0. The summed E-state index contributed by atoms with van der Waals surface area (Å²) in [5, 5.41) is 20.5. The van der Waals surface area contributed by atoms with E-state index in [1.165, 1.54) is 14.2 Å². The lowest BCUT2D eigenvalue weighted by Crippen LogP contribution is -2.32. The van der Waals surface area contributed by atoms with Gasteiger partial charge in [-0.05, 0) is 98.6 Å². The number of fused-ring (bicyclic) bond motifs is 2. The number of hydrogen-bond acceptors (Lipinski definition) is 12. The van der Waals surface area contributed by atoms with Crippen molar-refractivity contribution in [3.8, 4) is 6.07 Å². The number of esters is 2. The number of nitrogens with one attached hydrogen (secondary N) is 1. The number of aliphatic hydroxyl groups excluding tert-OH is 1. The molecule has 4 heterocycles.